The molecule has 2 N–H and O–H groups in total. The Balaban J connectivity index is 2.24. The number of aromatic nitrogens is 3. The Hall–Kier alpha value is -1.17. The van der Waals surface area contributed by atoms with Crippen molar-refractivity contribution in [2.75, 3.05) is 6.54 Å². The number of hydrogen-bond acceptors (Lipinski definition) is 3. The maximum Gasteiger partial charge on any atom is 0.220 e. The van der Waals surface area contributed by atoms with Crippen molar-refractivity contribution in [3.05, 3.63) is 10.6 Å². The molecule has 0 radical (unpaired) electrons. The van der Waals surface area contributed by atoms with Crippen LogP contribution in [0.2, 0.25) is 0 Å². The second kappa shape index (κ2) is 3.53. The molecule has 1 aliphatic rings. The van der Waals surface area contributed by atoms with Crippen molar-refractivity contribution in [2.45, 2.75) is 25.8 Å². The fourth-order valence-electron chi connectivity index (χ4n) is 1.75. The van der Waals surface area contributed by atoms with Crippen LogP contribution in [0.4, 0.5) is 0 Å². The minimum Gasteiger partial charge on any atom is -0.354 e. The number of carbonyl (C=O) groups excluding carboxylic acids is 1. The number of amides is 1. The summed E-state index contributed by atoms with van der Waals surface area (Å²) in [4.78, 5) is 11.0. The second-order valence-corrected chi connectivity index (χ2v) is 3.83. The van der Waals surface area contributed by atoms with Crippen LogP contribution in [0.1, 0.15) is 24.7 Å². The first-order chi connectivity index (χ1) is 6.68. The molecule has 1 atom stereocenters. The van der Waals surface area contributed by atoms with Crippen LogP contribution in [0.3, 0.4) is 0 Å². The maximum absolute atomic E-state index is 11.0. The summed E-state index contributed by atoms with van der Waals surface area (Å²) in [6.45, 7) is 2.55. The van der Waals surface area contributed by atoms with E-state index in [1.165, 1.54) is 0 Å². The summed E-state index contributed by atoms with van der Waals surface area (Å²) in [6.07, 6.45) is 1.40. The fraction of sp³-hybridized carbons (Fsp3) is 0.625. The zero-order valence-corrected chi connectivity index (χ0v) is 8.73. The summed E-state index contributed by atoms with van der Waals surface area (Å²) in [5, 5.41) is 9.62. The molecule has 0 aliphatic carbocycles. The summed E-state index contributed by atoms with van der Waals surface area (Å²) < 4.78 is 2.60. The number of piperidine rings is 1. The zero-order chi connectivity index (χ0) is 10.1. The maximum atomic E-state index is 11.0. The predicted octanol–water partition coefficient (Wildman–Crippen LogP) is 0.700. The van der Waals surface area contributed by atoms with Gasteiger partial charge >= 0.3 is 0 Å². The molecule has 1 saturated heterocycles. The number of nitrogens with one attached hydrogen (secondary N) is 2. The van der Waals surface area contributed by atoms with Gasteiger partial charge in [-0.25, -0.2) is 0 Å². The van der Waals surface area contributed by atoms with E-state index in [0.29, 0.717) is 17.7 Å². The predicted molar refractivity (Wildman–Crippen MR) is 53.4 cm³/mol. The van der Waals surface area contributed by atoms with Gasteiger partial charge in [-0.05, 0) is 25.6 Å². The van der Waals surface area contributed by atoms with Crippen molar-refractivity contribution >= 4 is 18.1 Å². The number of H-pyrrole nitrogens is 1. The van der Waals surface area contributed by atoms with E-state index in [1.54, 1.807) is 0 Å². The molecule has 5 nitrogen and oxygen atoms in total. The Labute approximate surface area is 86.5 Å². The minimum atomic E-state index is 0.119. The molecule has 1 aromatic rings. The van der Waals surface area contributed by atoms with Gasteiger partial charge in [0.2, 0.25) is 5.91 Å². The highest BCUT2D eigenvalue weighted by Gasteiger charge is 2.21. The average Bonchev–Trinajstić information content (AvgIpc) is 2.49. The third-order valence-electron chi connectivity index (χ3n) is 2.49. The van der Waals surface area contributed by atoms with E-state index < -0.39 is 0 Å². The SMILES string of the molecule is Cc1n[nH]c(=S)n1C1CCC(=O)NC1. The summed E-state index contributed by atoms with van der Waals surface area (Å²) in [7, 11) is 0. The zero-order valence-electron chi connectivity index (χ0n) is 7.91. The highest BCUT2D eigenvalue weighted by Crippen LogP contribution is 2.18. The number of hydrogen-bond donors (Lipinski definition) is 2. The van der Waals surface area contributed by atoms with Crippen LogP contribution in [0.15, 0.2) is 0 Å². The van der Waals surface area contributed by atoms with Gasteiger partial charge in [-0.3, -0.25) is 14.5 Å². The topological polar surface area (TPSA) is 62.7 Å². The van der Waals surface area contributed by atoms with E-state index in [4.69, 9.17) is 12.2 Å². The third-order valence-corrected chi connectivity index (χ3v) is 2.77. The van der Waals surface area contributed by atoms with Gasteiger partial charge in [0.05, 0.1) is 6.04 Å². The normalized spacial score (nSPS) is 22.1. The summed E-state index contributed by atoms with van der Waals surface area (Å²) in [5.41, 5.74) is 0. The van der Waals surface area contributed by atoms with Gasteiger partial charge in [0.25, 0.3) is 0 Å². The van der Waals surface area contributed by atoms with Crippen molar-refractivity contribution in [1.82, 2.24) is 20.1 Å². The number of aromatic amines is 1. The van der Waals surface area contributed by atoms with Crippen molar-refractivity contribution in [3.8, 4) is 0 Å². The van der Waals surface area contributed by atoms with Crippen LogP contribution < -0.4 is 5.32 Å². The summed E-state index contributed by atoms with van der Waals surface area (Å²) >= 11 is 5.12. The second-order valence-electron chi connectivity index (χ2n) is 3.44. The van der Waals surface area contributed by atoms with Gasteiger partial charge in [0, 0.05) is 13.0 Å². The lowest BCUT2D eigenvalue weighted by Gasteiger charge is -2.23. The van der Waals surface area contributed by atoms with E-state index >= 15 is 0 Å². The Kier molecular flexibility index (Phi) is 2.37. The van der Waals surface area contributed by atoms with Gasteiger partial charge in [0.1, 0.15) is 5.82 Å². The largest absolute Gasteiger partial charge is 0.354 e. The lowest BCUT2D eigenvalue weighted by Crippen LogP contribution is -2.36. The lowest BCUT2D eigenvalue weighted by molar-refractivity contribution is -0.122. The molecule has 1 amide bonds. The van der Waals surface area contributed by atoms with Crippen LogP contribution in [0.25, 0.3) is 0 Å². The highest BCUT2D eigenvalue weighted by molar-refractivity contribution is 7.71. The van der Waals surface area contributed by atoms with E-state index in [1.807, 2.05) is 11.5 Å². The van der Waals surface area contributed by atoms with E-state index in [-0.39, 0.29) is 11.9 Å². The first-order valence-corrected chi connectivity index (χ1v) is 4.99. The van der Waals surface area contributed by atoms with Gasteiger partial charge < -0.3 is 5.32 Å². The van der Waals surface area contributed by atoms with Crippen LogP contribution in [-0.4, -0.2) is 27.2 Å². The first-order valence-electron chi connectivity index (χ1n) is 4.58. The van der Waals surface area contributed by atoms with E-state index in [9.17, 15) is 4.79 Å². The van der Waals surface area contributed by atoms with Gasteiger partial charge in [-0.15, -0.1) is 0 Å². The number of carbonyl (C=O) groups is 1. The van der Waals surface area contributed by atoms with Crippen LogP contribution in [0, 0.1) is 11.7 Å². The standard InChI is InChI=1S/C8H12N4OS/c1-5-10-11-8(14)12(5)6-2-3-7(13)9-4-6/h6H,2-4H2,1H3,(H,9,13)(H,11,14). The van der Waals surface area contributed by atoms with Gasteiger partial charge in [-0.2, -0.15) is 5.10 Å². The quantitative estimate of drug-likeness (QED) is 0.674. The first kappa shape index (κ1) is 9.39. The lowest BCUT2D eigenvalue weighted by atomic mass is 10.1. The molecule has 2 rings (SSSR count). The molecule has 14 heavy (non-hydrogen) atoms. The van der Waals surface area contributed by atoms with Crippen LogP contribution in [-0.2, 0) is 4.79 Å². The Morgan fingerprint density at radius 3 is 2.93 bits per heavy atom. The molecule has 6 heteroatoms. The minimum absolute atomic E-state index is 0.119. The molecule has 0 spiro atoms. The Morgan fingerprint density at radius 1 is 1.64 bits per heavy atom. The molecule has 1 aromatic heterocycles. The van der Waals surface area contributed by atoms with Crippen molar-refractivity contribution in [3.63, 3.8) is 0 Å². The summed E-state index contributed by atoms with van der Waals surface area (Å²) in [6, 6.07) is 0.249. The molecule has 76 valence electrons. The molecule has 0 bridgehead atoms. The molecular formula is C8H12N4OS. The van der Waals surface area contributed by atoms with E-state index in [2.05, 4.69) is 15.5 Å². The summed E-state index contributed by atoms with van der Waals surface area (Å²) in [5.74, 6) is 0.991. The average molecular weight is 212 g/mol. The molecule has 1 fully saturated rings. The Morgan fingerprint density at radius 2 is 2.43 bits per heavy atom. The van der Waals surface area contributed by atoms with Gasteiger partial charge in [0.15, 0.2) is 4.77 Å². The monoisotopic (exact) mass is 212 g/mol. The molecule has 0 aromatic carbocycles. The number of nitrogens with zero attached hydrogens (tertiary/aromatic N) is 2. The van der Waals surface area contributed by atoms with Crippen LogP contribution in [0.5, 0.6) is 0 Å². The van der Waals surface area contributed by atoms with Gasteiger partial charge in [-0.1, -0.05) is 0 Å². The Bertz CT molecular complexity index is 398. The third kappa shape index (κ3) is 1.57. The smallest absolute Gasteiger partial charge is 0.220 e. The van der Waals surface area contributed by atoms with Crippen molar-refractivity contribution in [2.24, 2.45) is 0 Å². The van der Waals surface area contributed by atoms with Crippen molar-refractivity contribution in [1.29, 1.82) is 0 Å². The van der Waals surface area contributed by atoms with Crippen LogP contribution >= 0.6 is 12.2 Å². The number of rotatable bonds is 1. The highest BCUT2D eigenvalue weighted by atomic mass is 32.1. The molecule has 0 saturated carbocycles. The molecule has 2 heterocycles. The molecule has 1 aliphatic heterocycles. The van der Waals surface area contributed by atoms with Crippen molar-refractivity contribution < 1.29 is 4.79 Å². The number of aryl methyl sites for hydroxylation is 1. The molecular weight excluding hydrogens is 200 g/mol. The molecule has 1 unspecified atom stereocenters. The fourth-order valence-corrected chi connectivity index (χ4v) is 2.08. The van der Waals surface area contributed by atoms with E-state index in [0.717, 1.165) is 12.2 Å².